The van der Waals surface area contributed by atoms with E-state index in [2.05, 4.69) is 123 Å². The van der Waals surface area contributed by atoms with Gasteiger partial charge in [-0.05, 0) is 0 Å². The molecular formula is C66H96S2Sn4. The Kier molecular flexibility index (Phi) is 32.4. The number of hydrogen-bond acceptors (Lipinski definition) is 2. The van der Waals surface area contributed by atoms with Gasteiger partial charge in [0.1, 0.15) is 0 Å². The van der Waals surface area contributed by atoms with Gasteiger partial charge in [-0.15, -0.1) is 0 Å². The molecule has 0 saturated carbocycles. The Bertz CT molecular complexity index is 2130. The molecule has 4 aromatic carbocycles. The molecule has 0 unspecified atom stereocenters. The second-order valence-electron chi connectivity index (χ2n) is 21.5. The molecule has 8 radical (unpaired) electrons. The van der Waals surface area contributed by atoms with Gasteiger partial charge in [0.05, 0.1) is 0 Å². The van der Waals surface area contributed by atoms with Crippen molar-refractivity contribution in [3.05, 3.63) is 72.8 Å². The van der Waals surface area contributed by atoms with Gasteiger partial charge in [-0.2, -0.15) is 0 Å². The fraction of sp³-hybridized carbons (Fsp3) is 0.606. The molecule has 0 N–H and O–H groups in total. The number of rotatable bonds is 42. The summed E-state index contributed by atoms with van der Waals surface area (Å²) < 4.78 is 19.1. The van der Waals surface area contributed by atoms with Crippen molar-refractivity contribution in [2.24, 2.45) is 0 Å². The summed E-state index contributed by atoms with van der Waals surface area (Å²) >= 11 is 1.82. The monoisotopic (exact) mass is 1430 g/mol. The van der Waals surface area contributed by atoms with Crippen LogP contribution in [0.5, 0.6) is 0 Å². The summed E-state index contributed by atoms with van der Waals surface area (Å²) in [4.78, 5) is 0. The van der Waals surface area contributed by atoms with Crippen LogP contribution < -0.4 is 14.3 Å². The SMILES string of the molecule is CCCCCCCCC[CH2][Sn][c]1c[c]([Sn][CH2]CCCCCCCCC)cc(-c2ccc3c(c2)sc2c4ccc(-c5c[c]([Sn][CH2]CCCCCCCCC)c[c]([Sn][CH2]CCCCCCCCC)c5)cc4sc32)c1. The molecule has 2 aromatic heterocycles. The third kappa shape index (κ3) is 22.5. The van der Waals surface area contributed by atoms with Crippen LogP contribution in [0.15, 0.2) is 72.8 Å². The first-order chi connectivity index (χ1) is 35.6. The van der Waals surface area contributed by atoms with Gasteiger partial charge in [-0.25, -0.2) is 0 Å². The maximum absolute atomic E-state index is 2.73. The molecule has 0 amide bonds. The Labute approximate surface area is 491 Å². The molecule has 72 heavy (non-hydrogen) atoms. The summed E-state index contributed by atoms with van der Waals surface area (Å²) in [6.07, 6.45) is 45.9. The summed E-state index contributed by atoms with van der Waals surface area (Å²) in [5.74, 6) is 0. The van der Waals surface area contributed by atoms with E-state index in [0.717, 1.165) is 0 Å². The zero-order valence-electron chi connectivity index (χ0n) is 46.2. The third-order valence-corrected chi connectivity index (χ3v) is 32.4. The van der Waals surface area contributed by atoms with Gasteiger partial charge in [0.2, 0.25) is 0 Å². The van der Waals surface area contributed by atoms with Crippen LogP contribution in [0.25, 0.3) is 51.8 Å². The molecule has 0 spiro atoms. The first kappa shape index (κ1) is 61.5. The van der Waals surface area contributed by atoms with Gasteiger partial charge in [0.15, 0.2) is 0 Å². The minimum absolute atomic E-state index is 0.575. The van der Waals surface area contributed by atoms with E-state index < -0.39 is 84.6 Å². The van der Waals surface area contributed by atoms with Crippen molar-refractivity contribution in [2.45, 2.75) is 251 Å². The molecule has 0 saturated heterocycles. The van der Waals surface area contributed by atoms with Crippen molar-refractivity contribution in [3.63, 3.8) is 0 Å². The van der Waals surface area contributed by atoms with Gasteiger partial charge >= 0.3 is 497 Å². The van der Waals surface area contributed by atoms with Crippen molar-refractivity contribution in [2.75, 3.05) is 0 Å². The van der Waals surface area contributed by atoms with Gasteiger partial charge in [0.25, 0.3) is 0 Å². The van der Waals surface area contributed by atoms with E-state index in [0.29, 0.717) is 0 Å². The van der Waals surface area contributed by atoms with Crippen molar-refractivity contribution < 1.29 is 0 Å². The van der Waals surface area contributed by atoms with Crippen LogP contribution >= 0.6 is 22.7 Å². The molecule has 2 heterocycles. The molecule has 6 rings (SSSR count). The molecule has 0 fully saturated rings. The molecule has 6 heteroatoms. The number of unbranched alkanes of at least 4 members (excludes halogenated alkanes) is 28. The first-order valence-electron chi connectivity index (χ1n) is 30.2. The quantitative estimate of drug-likeness (QED) is 0.0265. The summed E-state index contributed by atoms with van der Waals surface area (Å²) in [7, 11) is 0. The number of thiophene rings is 2. The summed E-state index contributed by atoms with van der Waals surface area (Å²) in [5, 5.41) is 2.95. The first-order valence-corrected chi connectivity index (χ1v) is 45.7. The number of hydrogen-bond donors (Lipinski definition) is 0. The Morgan fingerprint density at radius 2 is 0.514 bits per heavy atom. The standard InChI is InChI=1S/C26H12S2.4C10H21.4Sn/c1-3-7-17(8-4-1)19-11-13-21-23(15-19)27-26-22-14-12-20(16-24(22)28-25(21)26)18-9-5-2-6-10-18;4*1-3-5-7-9-10-8-6-4-2;;;;/h1-2,7-16H;4*1,3-10H2,2H3;;;;. The normalized spacial score (nSPS) is 11.9. The van der Waals surface area contributed by atoms with E-state index >= 15 is 0 Å². The average molecular weight is 1430 g/mol. The van der Waals surface area contributed by atoms with Crippen molar-refractivity contribution in [3.8, 4) is 22.3 Å². The average Bonchev–Trinajstić information content (AvgIpc) is 3.94. The molecule has 6 aromatic rings. The Balaban J connectivity index is 1.14. The van der Waals surface area contributed by atoms with E-state index in [9.17, 15) is 0 Å². The Morgan fingerprint density at radius 1 is 0.264 bits per heavy atom. The van der Waals surface area contributed by atoms with Crippen LogP contribution in [0.3, 0.4) is 0 Å². The molecule has 0 bridgehead atoms. The van der Waals surface area contributed by atoms with Crippen LogP contribution in [0.4, 0.5) is 0 Å². The molecular weight excluding hydrogens is 1330 g/mol. The van der Waals surface area contributed by atoms with Crippen molar-refractivity contribution in [1.82, 2.24) is 0 Å². The van der Waals surface area contributed by atoms with Crippen LogP contribution in [-0.2, 0) is 0 Å². The van der Waals surface area contributed by atoms with Crippen LogP contribution in [0.2, 0.25) is 17.7 Å². The fourth-order valence-corrected chi connectivity index (χ4v) is 29.7. The second-order valence-corrected chi connectivity index (χ2v) is 39.9. The molecule has 0 aliphatic heterocycles. The van der Waals surface area contributed by atoms with E-state index in [1.165, 1.54) is 275 Å². The summed E-state index contributed by atoms with van der Waals surface area (Å²) in [6, 6.07) is 31.2. The van der Waals surface area contributed by atoms with E-state index in [1.54, 1.807) is 14.3 Å². The van der Waals surface area contributed by atoms with Gasteiger partial charge < -0.3 is 0 Å². The van der Waals surface area contributed by atoms with Gasteiger partial charge in [0, 0.05) is 0 Å². The number of fused-ring (bicyclic) bond motifs is 5. The van der Waals surface area contributed by atoms with Crippen LogP contribution in [-0.4, -0.2) is 84.6 Å². The zero-order chi connectivity index (χ0) is 50.3. The Hall–Kier alpha value is 0.255. The Morgan fingerprint density at radius 3 is 0.778 bits per heavy atom. The third-order valence-electron chi connectivity index (χ3n) is 15.1. The van der Waals surface area contributed by atoms with E-state index in [4.69, 9.17) is 0 Å². The van der Waals surface area contributed by atoms with E-state index in [-0.39, 0.29) is 0 Å². The van der Waals surface area contributed by atoms with Crippen LogP contribution in [0.1, 0.15) is 233 Å². The van der Waals surface area contributed by atoms with Gasteiger partial charge in [-0.1, -0.05) is 0 Å². The maximum atomic E-state index is 2.73. The molecule has 0 aliphatic rings. The number of benzene rings is 4. The predicted molar refractivity (Wildman–Crippen MR) is 337 cm³/mol. The predicted octanol–water partition coefficient (Wildman–Crippen LogP) is 20.2. The fourth-order valence-electron chi connectivity index (χ4n) is 10.6. The van der Waals surface area contributed by atoms with Crippen molar-refractivity contribution in [1.29, 1.82) is 0 Å². The van der Waals surface area contributed by atoms with E-state index in [1.807, 2.05) is 0 Å². The topological polar surface area (TPSA) is 0 Å². The minimum atomic E-state index is -0.575. The van der Waals surface area contributed by atoms with Crippen LogP contribution in [0, 0.1) is 0 Å². The second kappa shape index (κ2) is 38.0. The van der Waals surface area contributed by atoms with Crippen molar-refractivity contribution >= 4 is 151 Å². The molecule has 0 atom stereocenters. The summed E-state index contributed by atoms with van der Waals surface area (Å²) in [6.45, 7) is 9.32. The molecule has 388 valence electrons. The summed E-state index contributed by atoms with van der Waals surface area (Å²) in [5.41, 5.74) is 5.96. The van der Waals surface area contributed by atoms with Gasteiger partial charge in [-0.3, -0.25) is 0 Å². The zero-order valence-corrected chi connectivity index (χ0v) is 59.2. The molecule has 0 aliphatic carbocycles. The molecule has 0 nitrogen and oxygen atoms in total.